The number of carbonyl (C=O) groups is 2. The molecule has 2 amide bonds. The predicted molar refractivity (Wildman–Crippen MR) is 75.4 cm³/mol. The molecule has 108 valence electrons. The summed E-state index contributed by atoms with van der Waals surface area (Å²) in [4.78, 5) is 25.0. The molecule has 1 heterocycles. The molecule has 19 heavy (non-hydrogen) atoms. The zero-order valence-electron chi connectivity index (χ0n) is 11.5. The highest BCUT2D eigenvalue weighted by Crippen LogP contribution is 2.37. The number of nitrogens with zero attached hydrogens (tertiary/aromatic N) is 1. The van der Waals surface area contributed by atoms with Crippen LogP contribution in [0, 0.1) is 5.41 Å². The lowest BCUT2D eigenvalue weighted by molar-refractivity contribution is -0.141. The smallest absolute Gasteiger partial charge is 0.327 e. The van der Waals surface area contributed by atoms with Gasteiger partial charge in [-0.15, -0.1) is 0 Å². The first-order valence-electron chi connectivity index (χ1n) is 6.79. The van der Waals surface area contributed by atoms with Gasteiger partial charge in [-0.05, 0) is 18.3 Å². The van der Waals surface area contributed by atoms with Crippen molar-refractivity contribution in [1.82, 2.24) is 10.2 Å². The first kappa shape index (κ1) is 14.5. The Bertz CT molecular complexity index is 373. The summed E-state index contributed by atoms with van der Waals surface area (Å²) in [5.74, 6) is 0.384. The zero-order valence-corrected chi connectivity index (χ0v) is 12.3. The number of amides is 2. The van der Waals surface area contributed by atoms with E-state index in [2.05, 4.69) is 19.2 Å². The van der Waals surface area contributed by atoms with E-state index in [1.165, 1.54) is 4.90 Å². The summed E-state index contributed by atoms with van der Waals surface area (Å²) >= 11 is 1.59. The van der Waals surface area contributed by atoms with Crippen molar-refractivity contribution in [3.63, 3.8) is 0 Å². The third kappa shape index (κ3) is 3.16. The van der Waals surface area contributed by atoms with Crippen LogP contribution in [0.3, 0.4) is 0 Å². The molecule has 2 rings (SSSR count). The molecule has 2 fully saturated rings. The van der Waals surface area contributed by atoms with Crippen LogP contribution in [0.5, 0.6) is 0 Å². The molecule has 1 aliphatic carbocycles. The van der Waals surface area contributed by atoms with E-state index in [4.69, 9.17) is 0 Å². The van der Waals surface area contributed by atoms with Gasteiger partial charge in [0.15, 0.2) is 0 Å². The van der Waals surface area contributed by atoms with Crippen molar-refractivity contribution in [2.75, 3.05) is 18.1 Å². The Morgan fingerprint density at radius 1 is 1.42 bits per heavy atom. The van der Waals surface area contributed by atoms with Crippen LogP contribution in [-0.2, 0) is 4.79 Å². The lowest BCUT2D eigenvalue weighted by Crippen LogP contribution is -2.56. The number of hydrogen-bond acceptors (Lipinski definition) is 3. The predicted octanol–water partition coefficient (Wildman–Crippen LogP) is 1.78. The first-order valence-corrected chi connectivity index (χ1v) is 7.95. The van der Waals surface area contributed by atoms with Crippen molar-refractivity contribution in [1.29, 1.82) is 0 Å². The normalized spacial score (nSPS) is 30.1. The summed E-state index contributed by atoms with van der Waals surface area (Å²) in [7, 11) is 0. The Morgan fingerprint density at radius 2 is 2.16 bits per heavy atom. The van der Waals surface area contributed by atoms with Crippen molar-refractivity contribution in [3.8, 4) is 0 Å². The Hall–Kier alpha value is -0.910. The van der Waals surface area contributed by atoms with Crippen molar-refractivity contribution in [2.45, 2.75) is 45.2 Å². The lowest BCUT2D eigenvalue weighted by atomic mass is 9.87. The molecule has 0 aromatic rings. The number of aliphatic carboxylic acids is 1. The number of rotatable bonds is 2. The maximum absolute atomic E-state index is 12.3. The Kier molecular flexibility index (Phi) is 4.28. The molecule has 2 atom stereocenters. The molecule has 2 aliphatic rings. The second kappa shape index (κ2) is 5.61. The fourth-order valence-electron chi connectivity index (χ4n) is 2.88. The molecule has 2 N–H and O–H groups in total. The van der Waals surface area contributed by atoms with Gasteiger partial charge in [0, 0.05) is 24.1 Å². The monoisotopic (exact) mass is 286 g/mol. The van der Waals surface area contributed by atoms with Gasteiger partial charge in [0.1, 0.15) is 6.04 Å². The van der Waals surface area contributed by atoms with E-state index >= 15 is 0 Å². The van der Waals surface area contributed by atoms with Gasteiger partial charge in [0.25, 0.3) is 0 Å². The topological polar surface area (TPSA) is 69.6 Å². The maximum Gasteiger partial charge on any atom is 0.327 e. The summed E-state index contributed by atoms with van der Waals surface area (Å²) in [6.45, 7) is 4.83. The van der Waals surface area contributed by atoms with Gasteiger partial charge < -0.3 is 15.3 Å². The van der Waals surface area contributed by atoms with Crippen LogP contribution >= 0.6 is 11.8 Å². The minimum atomic E-state index is -0.909. The van der Waals surface area contributed by atoms with Gasteiger partial charge in [-0.2, -0.15) is 11.8 Å². The minimum absolute atomic E-state index is 0.110. The van der Waals surface area contributed by atoms with Crippen LogP contribution in [0.15, 0.2) is 0 Å². The van der Waals surface area contributed by atoms with E-state index in [1.54, 1.807) is 11.8 Å². The lowest BCUT2D eigenvalue weighted by Gasteiger charge is -2.35. The number of urea groups is 1. The van der Waals surface area contributed by atoms with Gasteiger partial charge in [-0.3, -0.25) is 0 Å². The Labute approximate surface area is 118 Å². The molecule has 0 bridgehead atoms. The van der Waals surface area contributed by atoms with Crippen LogP contribution in [0.2, 0.25) is 0 Å². The van der Waals surface area contributed by atoms with Crippen molar-refractivity contribution < 1.29 is 14.7 Å². The number of thioether (sulfide) groups is 1. The van der Waals surface area contributed by atoms with Gasteiger partial charge in [-0.1, -0.05) is 20.3 Å². The third-order valence-electron chi connectivity index (χ3n) is 4.23. The van der Waals surface area contributed by atoms with E-state index in [9.17, 15) is 14.7 Å². The zero-order chi connectivity index (χ0) is 14.0. The summed E-state index contributed by atoms with van der Waals surface area (Å²) < 4.78 is 0. The highest BCUT2D eigenvalue weighted by molar-refractivity contribution is 7.99. The van der Waals surface area contributed by atoms with E-state index in [-0.39, 0.29) is 17.5 Å². The van der Waals surface area contributed by atoms with Crippen molar-refractivity contribution in [3.05, 3.63) is 0 Å². The van der Waals surface area contributed by atoms with Crippen LogP contribution < -0.4 is 5.32 Å². The maximum atomic E-state index is 12.3. The molecular weight excluding hydrogens is 264 g/mol. The standard InChI is InChI=1S/C13H22N2O3S/c1-13(2)5-3-4-10(13)14-12(18)15-6-7-19-8-9(15)11(16)17/h9-10H,3-8H2,1-2H3,(H,14,18)(H,16,17). The Morgan fingerprint density at radius 3 is 2.74 bits per heavy atom. The largest absolute Gasteiger partial charge is 0.480 e. The van der Waals surface area contributed by atoms with Crippen LogP contribution in [0.4, 0.5) is 4.79 Å². The molecule has 1 aliphatic heterocycles. The molecule has 0 spiro atoms. The third-order valence-corrected chi connectivity index (χ3v) is 5.25. The molecule has 1 saturated carbocycles. The van der Waals surface area contributed by atoms with E-state index < -0.39 is 12.0 Å². The number of carboxylic acids is 1. The van der Waals surface area contributed by atoms with Crippen molar-refractivity contribution >= 4 is 23.8 Å². The van der Waals surface area contributed by atoms with Crippen molar-refractivity contribution in [2.24, 2.45) is 5.41 Å². The SMILES string of the molecule is CC1(C)CCCC1NC(=O)N1CCSCC1C(=O)O. The van der Waals surface area contributed by atoms with Gasteiger partial charge in [0.05, 0.1) is 0 Å². The highest BCUT2D eigenvalue weighted by atomic mass is 32.2. The molecule has 5 nitrogen and oxygen atoms in total. The van der Waals surface area contributed by atoms with E-state index in [0.717, 1.165) is 25.0 Å². The quantitative estimate of drug-likeness (QED) is 0.812. The molecule has 0 aromatic carbocycles. The van der Waals surface area contributed by atoms with Crippen LogP contribution in [-0.4, -0.2) is 52.1 Å². The summed E-state index contributed by atoms with van der Waals surface area (Å²) in [5.41, 5.74) is 0.110. The van der Waals surface area contributed by atoms with Gasteiger partial charge in [-0.25, -0.2) is 9.59 Å². The number of carboxylic acid groups (broad SMARTS) is 1. The second-order valence-electron chi connectivity index (χ2n) is 6.01. The Balaban J connectivity index is 2.00. The average Bonchev–Trinajstić information content (AvgIpc) is 2.68. The molecular formula is C13H22N2O3S. The molecule has 0 radical (unpaired) electrons. The molecule has 1 saturated heterocycles. The summed E-state index contributed by atoms with van der Waals surface area (Å²) in [6, 6.07) is -0.750. The minimum Gasteiger partial charge on any atom is -0.480 e. The summed E-state index contributed by atoms with van der Waals surface area (Å²) in [5, 5.41) is 12.2. The molecule has 6 heteroatoms. The fourth-order valence-corrected chi connectivity index (χ4v) is 3.92. The fraction of sp³-hybridized carbons (Fsp3) is 0.846. The number of nitrogens with one attached hydrogen (secondary N) is 1. The van der Waals surface area contributed by atoms with E-state index in [0.29, 0.717) is 12.3 Å². The number of hydrogen-bond donors (Lipinski definition) is 2. The number of carbonyl (C=O) groups excluding carboxylic acids is 1. The average molecular weight is 286 g/mol. The molecule has 0 aromatic heterocycles. The second-order valence-corrected chi connectivity index (χ2v) is 7.16. The first-order chi connectivity index (χ1) is 8.92. The van der Waals surface area contributed by atoms with E-state index in [1.807, 2.05) is 0 Å². The molecule has 2 unspecified atom stereocenters. The summed E-state index contributed by atoms with van der Waals surface area (Å²) in [6.07, 6.45) is 3.21. The highest BCUT2D eigenvalue weighted by Gasteiger charge is 2.38. The van der Waals surface area contributed by atoms with Crippen LogP contribution in [0.25, 0.3) is 0 Å². The van der Waals surface area contributed by atoms with Gasteiger partial charge >= 0.3 is 12.0 Å². The van der Waals surface area contributed by atoms with Gasteiger partial charge in [0.2, 0.25) is 0 Å². The van der Waals surface area contributed by atoms with Crippen LogP contribution in [0.1, 0.15) is 33.1 Å².